The van der Waals surface area contributed by atoms with Gasteiger partial charge in [0.2, 0.25) is 12.0 Å². The van der Waals surface area contributed by atoms with Crippen LogP contribution in [0, 0.1) is 0 Å². The monoisotopic (exact) mass is 276 g/mol. The first-order valence-corrected chi connectivity index (χ1v) is 6.68. The maximum atomic E-state index is 12.1. The summed E-state index contributed by atoms with van der Waals surface area (Å²) in [6.45, 7) is 0.663. The Morgan fingerprint density at radius 3 is 2.85 bits per heavy atom. The second kappa shape index (κ2) is 5.40. The Morgan fingerprint density at radius 1 is 1.30 bits per heavy atom. The van der Waals surface area contributed by atoms with E-state index in [2.05, 4.69) is 10.6 Å². The van der Waals surface area contributed by atoms with Gasteiger partial charge in [0.25, 0.3) is 5.91 Å². The van der Waals surface area contributed by atoms with E-state index >= 15 is 0 Å². The van der Waals surface area contributed by atoms with Gasteiger partial charge >= 0.3 is 0 Å². The first-order valence-electron chi connectivity index (χ1n) is 6.68. The van der Waals surface area contributed by atoms with Crippen LogP contribution in [0.3, 0.4) is 0 Å². The van der Waals surface area contributed by atoms with E-state index in [9.17, 15) is 9.59 Å². The minimum atomic E-state index is -0.650. The standard InChI is InChI=1S/C14H16N2O4/c17-13-6-5-9(7-15-13)16-14(18)12-8-19-10-3-1-2-4-11(10)20-12/h1-4,9,12H,5-8H2,(H,15,17)(H,16,18). The van der Waals surface area contributed by atoms with Crippen molar-refractivity contribution in [2.45, 2.75) is 25.0 Å². The molecule has 2 amide bonds. The summed E-state index contributed by atoms with van der Waals surface area (Å²) >= 11 is 0. The first kappa shape index (κ1) is 12.8. The Balaban J connectivity index is 1.57. The maximum Gasteiger partial charge on any atom is 0.264 e. The smallest absolute Gasteiger partial charge is 0.264 e. The molecule has 2 aliphatic heterocycles. The lowest BCUT2D eigenvalue weighted by Crippen LogP contribution is -2.52. The van der Waals surface area contributed by atoms with Crippen LogP contribution in [0.15, 0.2) is 24.3 Å². The Labute approximate surface area is 116 Å². The predicted molar refractivity (Wildman–Crippen MR) is 70.5 cm³/mol. The Bertz CT molecular complexity index is 522. The van der Waals surface area contributed by atoms with Crippen LogP contribution < -0.4 is 20.1 Å². The van der Waals surface area contributed by atoms with Crippen LogP contribution in [0.1, 0.15) is 12.8 Å². The maximum absolute atomic E-state index is 12.1. The van der Waals surface area contributed by atoms with Crippen molar-refractivity contribution in [1.29, 1.82) is 0 Å². The molecule has 0 spiro atoms. The molecule has 2 N–H and O–H groups in total. The lowest BCUT2D eigenvalue weighted by molar-refractivity contribution is -0.132. The third kappa shape index (κ3) is 2.68. The van der Waals surface area contributed by atoms with Gasteiger partial charge in [0.05, 0.1) is 0 Å². The molecule has 1 aromatic carbocycles. The number of para-hydroxylation sites is 2. The Kier molecular flexibility index (Phi) is 3.45. The zero-order valence-electron chi connectivity index (χ0n) is 10.9. The van der Waals surface area contributed by atoms with Crippen LogP contribution >= 0.6 is 0 Å². The van der Waals surface area contributed by atoms with Crippen molar-refractivity contribution in [2.24, 2.45) is 0 Å². The number of fused-ring (bicyclic) bond motifs is 1. The van der Waals surface area contributed by atoms with Gasteiger partial charge in [0.15, 0.2) is 11.5 Å². The van der Waals surface area contributed by atoms with Gasteiger partial charge in [-0.1, -0.05) is 12.1 Å². The second-order valence-corrected chi connectivity index (χ2v) is 4.91. The molecular formula is C14H16N2O4. The van der Waals surface area contributed by atoms with Crippen molar-refractivity contribution in [3.63, 3.8) is 0 Å². The summed E-state index contributed by atoms with van der Waals surface area (Å²) in [6, 6.07) is 7.23. The third-order valence-electron chi connectivity index (χ3n) is 3.41. The molecule has 106 valence electrons. The SMILES string of the molecule is O=C1CCC(NC(=O)C2COc3ccccc3O2)CN1. The number of piperidine rings is 1. The molecule has 2 aliphatic rings. The van der Waals surface area contributed by atoms with E-state index in [0.29, 0.717) is 30.9 Å². The number of carbonyl (C=O) groups excluding carboxylic acids is 2. The zero-order chi connectivity index (χ0) is 13.9. The molecule has 3 rings (SSSR count). The highest BCUT2D eigenvalue weighted by Crippen LogP contribution is 2.30. The molecule has 0 bridgehead atoms. The molecule has 0 saturated carbocycles. The molecule has 20 heavy (non-hydrogen) atoms. The van der Waals surface area contributed by atoms with E-state index in [-0.39, 0.29) is 24.5 Å². The first-order chi connectivity index (χ1) is 9.72. The Morgan fingerprint density at radius 2 is 2.10 bits per heavy atom. The minimum absolute atomic E-state index is 0.0293. The molecular weight excluding hydrogens is 260 g/mol. The number of amides is 2. The van der Waals surface area contributed by atoms with Crippen LogP contribution in [-0.4, -0.2) is 37.1 Å². The van der Waals surface area contributed by atoms with Gasteiger partial charge < -0.3 is 20.1 Å². The van der Waals surface area contributed by atoms with Crippen LogP contribution in [0.4, 0.5) is 0 Å². The van der Waals surface area contributed by atoms with E-state index in [4.69, 9.17) is 9.47 Å². The van der Waals surface area contributed by atoms with Crippen LogP contribution in [-0.2, 0) is 9.59 Å². The van der Waals surface area contributed by atoms with Crippen molar-refractivity contribution in [2.75, 3.05) is 13.2 Å². The fraction of sp³-hybridized carbons (Fsp3) is 0.429. The molecule has 6 heteroatoms. The number of hydrogen-bond acceptors (Lipinski definition) is 4. The van der Waals surface area contributed by atoms with Crippen LogP contribution in [0.25, 0.3) is 0 Å². The number of hydrogen-bond donors (Lipinski definition) is 2. The van der Waals surface area contributed by atoms with Crippen molar-refractivity contribution < 1.29 is 19.1 Å². The molecule has 0 aromatic heterocycles. The normalized spacial score (nSPS) is 24.7. The van der Waals surface area contributed by atoms with Crippen LogP contribution in [0.5, 0.6) is 11.5 Å². The van der Waals surface area contributed by atoms with Gasteiger partial charge in [-0.2, -0.15) is 0 Å². The molecule has 0 radical (unpaired) electrons. The highest BCUT2D eigenvalue weighted by atomic mass is 16.6. The molecule has 2 unspecified atom stereocenters. The molecule has 6 nitrogen and oxygen atoms in total. The minimum Gasteiger partial charge on any atom is -0.485 e. The molecule has 0 aliphatic carbocycles. The molecule has 2 heterocycles. The number of rotatable bonds is 2. The fourth-order valence-electron chi connectivity index (χ4n) is 2.30. The lowest BCUT2D eigenvalue weighted by Gasteiger charge is -2.29. The number of nitrogens with one attached hydrogen (secondary N) is 2. The van der Waals surface area contributed by atoms with Gasteiger partial charge in [-0.3, -0.25) is 9.59 Å². The second-order valence-electron chi connectivity index (χ2n) is 4.91. The highest BCUT2D eigenvalue weighted by molar-refractivity contribution is 5.83. The van der Waals surface area contributed by atoms with Crippen LogP contribution in [0.2, 0.25) is 0 Å². The molecule has 1 saturated heterocycles. The predicted octanol–water partition coefficient (Wildman–Crippen LogP) is 0.221. The lowest BCUT2D eigenvalue weighted by atomic mass is 10.1. The van der Waals surface area contributed by atoms with Crippen molar-refractivity contribution >= 4 is 11.8 Å². The summed E-state index contributed by atoms with van der Waals surface area (Å²) in [5.74, 6) is 1.06. The van der Waals surface area contributed by atoms with Crippen molar-refractivity contribution in [3.05, 3.63) is 24.3 Å². The Hall–Kier alpha value is -2.24. The third-order valence-corrected chi connectivity index (χ3v) is 3.41. The summed E-state index contributed by atoms with van der Waals surface area (Å²) in [5.41, 5.74) is 0. The van der Waals surface area contributed by atoms with E-state index in [1.54, 1.807) is 12.1 Å². The van der Waals surface area contributed by atoms with Crippen molar-refractivity contribution in [3.8, 4) is 11.5 Å². The number of ether oxygens (including phenoxy) is 2. The summed E-state index contributed by atoms with van der Waals surface area (Å²) in [7, 11) is 0. The van der Waals surface area contributed by atoms with E-state index in [1.807, 2.05) is 12.1 Å². The molecule has 1 fully saturated rings. The van der Waals surface area contributed by atoms with Gasteiger partial charge in [-0.25, -0.2) is 0 Å². The number of benzene rings is 1. The molecule has 1 aromatic rings. The van der Waals surface area contributed by atoms with Gasteiger partial charge in [-0.15, -0.1) is 0 Å². The zero-order valence-corrected chi connectivity index (χ0v) is 10.9. The summed E-state index contributed by atoms with van der Waals surface area (Å²) < 4.78 is 11.1. The van der Waals surface area contributed by atoms with Gasteiger partial charge in [0, 0.05) is 19.0 Å². The summed E-state index contributed by atoms with van der Waals surface area (Å²) in [4.78, 5) is 23.2. The van der Waals surface area contributed by atoms with E-state index < -0.39 is 6.10 Å². The van der Waals surface area contributed by atoms with E-state index in [1.165, 1.54) is 0 Å². The van der Waals surface area contributed by atoms with Crippen molar-refractivity contribution in [1.82, 2.24) is 10.6 Å². The highest BCUT2D eigenvalue weighted by Gasteiger charge is 2.29. The summed E-state index contributed by atoms with van der Waals surface area (Å²) in [5, 5.41) is 5.61. The largest absolute Gasteiger partial charge is 0.485 e. The summed E-state index contributed by atoms with van der Waals surface area (Å²) in [6.07, 6.45) is 0.444. The average molecular weight is 276 g/mol. The van der Waals surface area contributed by atoms with E-state index in [0.717, 1.165) is 0 Å². The van der Waals surface area contributed by atoms with Gasteiger partial charge in [0.1, 0.15) is 6.61 Å². The average Bonchev–Trinajstić information content (AvgIpc) is 2.49. The topological polar surface area (TPSA) is 76.7 Å². The van der Waals surface area contributed by atoms with Gasteiger partial charge in [-0.05, 0) is 18.6 Å². The molecule has 2 atom stereocenters. The fourth-order valence-corrected chi connectivity index (χ4v) is 2.30. The number of carbonyl (C=O) groups is 2. The quantitative estimate of drug-likeness (QED) is 0.810.